The lowest BCUT2D eigenvalue weighted by atomic mass is 9.99. The number of ketones is 1. The highest BCUT2D eigenvalue weighted by atomic mass is 79.9. The van der Waals surface area contributed by atoms with Crippen molar-refractivity contribution in [3.8, 4) is 0 Å². The lowest BCUT2D eigenvalue weighted by Gasteiger charge is -2.15. The third kappa shape index (κ3) is 2.91. The van der Waals surface area contributed by atoms with E-state index < -0.39 is 17.5 Å². The van der Waals surface area contributed by atoms with Crippen LogP contribution in [0.2, 0.25) is 0 Å². The van der Waals surface area contributed by atoms with Gasteiger partial charge in [0, 0.05) is 10.0 Å². The second kappa shape index (κ2) is 5.25. The molecule has 98 valence electrons. The molecule has 1 aliphatic rings. The Hall–Kier alpha value is -0.490. The van der Waals surface area contributed by atoms with Gasteiger partial charge in [-0.25, -0.2) is 0 Å². The van der Waals surface area contributed by atoms with Crippen molar-refractivity contribution in [3.63, 3.8) is 0 Å². The molecule has 0 amide bonds. The van der Waals surface area contributed by atoms with E-state index in [4.69, 9.17) is 0 Å². The molecule has 0 N–H and O–H groups in total. The Labute approximate surface area is 115 Å². The quantitative estimate of drug-likeness (QED) is 0.736. The van der Waals surface area contributed by atoms with Crippen LogP contribution in [0.3, 0.4) is 0 Å². The van der Waals surface area contributed by atoms with Crippen molar-refractivity contribution >= 4 is 33.5 Å². The maximum Gasteiger partial charge on any atom is 0.417 e. The number of Topliss-reactive ketones (excluding diaryl/α,β-unsaturated/α-hetero) is 1. The molecule has 1 aromatic carbocycles. The number of alkyl halides is 3. The average Bonchev–Trinajstić information content (AvgIpc) is 2.80. The van der Waals surface area contributed by atoms with Gasteiger partial charge in [0.05, 0.1) is 10.8 Å². The third-order valence-corrected chi connectivity index (χ3v) is 4.64. The van der Waals surface area contributed by atoms with Gasteiger partial charge >= 0.3 is 6.18 Å². The number of hydrogen-bond acceptors (Lipinski definition) is 2. The topological polar surface area (TPSA) is 17.1 Å². The van der Waals surface area contributed by atoms with E-state index in [0.29, 0.717) is 10.9 Å². The molecule has 0 aliphatic carbocycles. The number of thioether (sulfide) groups is 1. The molecular formula is C12H10BrF3OS. The minimum absolute atomic E-state index is 0.217. The SMILES string of the molecule is O=C(c1ccc(Br)cc1C(F)(F)F)C1CCCS1. The van der Waals surface area contributed by atoms with Crippen LogP contribution in [0.25, 0.3) is 0 Å². The Morgan fingerprint density at radius 1 is 1.39 bits per heavy atom. The molecule has 0 spiro atoms. The first-order chi connectivity index (χ1) is 8.39. The standard InChI is InChI=1S/C12H10BrF3OS/c13-7-3-4-8(9(6-7)12(14,15)16)11(17)10-2-1-5-18-10/h3-4,6,10H,1-2,5H2. The summed E-state index contributed by atoms with van der Waals surface area (Å²) in [7, 11) is 0. The molecule has 1 nitrogen and oxygen atoms in total. The zero-order valence-corrected chi connectivity index (χ0v) is 11.7. The third-order valence-electron chi connectivity index (χ3n) is 2.77. The molecule has 1 unspecified atom stereocenters. The number of rotatable bonds is 2. The van der Waals surface area contributed by atoms with Crippen LogP contribution in [0.4, 0.5) is 13.2 Å². The summed E-state index contributed by atoms with van der Waals surface area (Å²) in [5, 5.41) is -0.327. The molecule has 2 rings (SSSR count). The van der Waals surface area contributed by atoms with Gasteiger partial charge in [-0.05, 0) is 36.8 Å². The summed E-state index contributed by atoms with van der Waals surface area (Å²) in [5.74, 6) is 0.436. The van der Waals surface area contributed by atoms with E-state index in [1.165, 1.54) is 23.9 Å². The fourth-order valence-electron chi connectivity index (χ4n) is 1.92. The lowest BCUT2D eigenvalue weighted by molar-refractivity contribution is -0.137. The second-order valence-electron chi connectivity index (χ2n) is 4.05. The van der Waals surface area contributed by atoms with Crippen LogP contribution < -0.4 is 0 Å². The predicted octanol–water partition coefficient (Wildman–Crippen LogP) is 4.55. The van der Waals surface area contributed by atoms with Crippen molar-refractivity contribution in [1.82, 2.24) is 0 Å². The Kier molecular flexibility index (Phi) is 4.06. The Morgan fingerprint density at radius 2 is 2.11 bits per heavy atom. The van der Waals surface area contributed by atoms with Crippen LogP contribution >= 0.6 is 27.7 Å². The van der Waals surface area contributed by atoms with Crippen LogP contribution in [0.5, 0.6) is 0 Å². The Bertz CT molecular complexity index is 467. The summed E-state index contributed by atoms with van der Waals surface area (Å²) < 4.78 is 39.0. The minimum Gasteiger partial charge on any atom is -0.293 e. The zero-order valence-electron chi connectivity index (χ0n) is 9.26. The van der Waals surface area contributed by atoms with E-state index in [-0.39, 0.29) is 10.8 Å². The molecule has 1 atom stereocenters. The summed E-state index contributed by atoms with van der Waals surface area (Å²) in [6.45, 7) is 0. The molecule has 0 saturated carbocycles. The van der Waals surface area contributed by atoms with E-state index >= 15 is 0 Å². The number of benzene rings is 1. The van der Waals surface area contributed by atoms with Gasteiger partial charge in [0.15, 0.2) is 5.78 Å². The van der Waals surface area contributed by atoms with Crippen molar-refractivity contribution in [1.29, 1.82) is 0 Å². The highest BCUT2D eigenvalue weighted by molar-refractivity contribution is 9.10. The summed E-state index contributed by atoms with van der Waals surface area (Å²) in [6, 6.07) is 3.70. The summed E-state index contributed by atoms with van der Waals surface area (Å²) in [4.78, 5) is 12.1. The monoisotopic (exact) mass is 338 g/mol. The molecule has 1 fully saturated rings. The Morgan fingerprint density at radius 3 is 2.67 bits per heavy atom. The van der Waals surface area contributed by atoms with Crippen LogP contribution in [-0.2, 0) is 6.18 Å². The largest absolute Gasteiger partial charge is 0.417 e. The molecule has 0 bridgehead atoms. The maximum atomic E-state index is 12.9. The van der Waals surface area contributed by atoms with E-state index in [9.17, 15) is 18.0 Å². The highest BCUT2D eigenvalue weighted by Gasteiger charge is 2.37. The van der Waals surface area contributed by atoms with Gasteiger partial charge in [0.1, 0.15) is 0 Å². The van der Waals surface area contributed by atoms with Crippen molar-refractivity contribution < 1.29 is 18.0 Å². The number of halogens is 4. The van der Waals surface area contributed by atoms with E-state index in [1.54, 1.807) is 0 Å². The van der Waals surface area contributed by atoms with Crippen LogP contribution in [0, 0.1) is 0 Å². The molecule has 18 heavy (non-hydrogen) atoms. The lowest BCUT2D eigenvalue weighted by Crippen LogP contribution is -2.20. The molecular weight excluding hydrogens is 329 g/mol. The molecule has 0 radical (unpaired) electrons. The summed E-state index contributed by atoms with van der Waals surface area (Å²) >= 11 is 4.45. The number of carbonyl (C=O) groups excluding carboxylic acids is 1. The van der Waals surface area contributed by atoms with Crippen LogP contribution in [-0.4, -0.2) is 16.8 Å². The van der Waals surface area contributed by atoms with Crippen molar-refractivity contribution in [2.45, 2.75) is 24.3 Å². The molecule has 1 heterocycles. The molecule has 6 heteroatoms. The summed E-state index contributed by atoms with van der Waals surface area (Å²) in [6.07, 6.45) is -2.95. The van der Waals surface area contributed by atoms with Gasteiger partial charge in [-0.1, -0.05) is 15.9 Å². The van der Waals surface area contributed by atoms with E-state index in [0.717, 1.165) is 18.2 Å². The van der Waals surface area contributed by atoms with Gasteiger partial charge in [-0.15, -0.1) is 0 Å². The minimum atomic E-state index is -4.50. The normalized spacial score (nSPS) is 20.1. The second-order valence-corrected chi connectivity index (χ2v) is 6.28. The Balaban J connectivity index is 2.40. The predicted molar refractivity (Wildman–Crippen MR) is 69.0 cm³/mol. The fourth-order valence-corrected chi connectivity index (χ4v) is 3.51. The number of hydrogen-bond donors (Lipinski definition) is 0. The van der Waals surface area contributed by atoms with E-state index in [1.807, 2.05) is 0 Å². The van der Waals surface area contributed by atoms with Gasteiger partial charge in [-0.3, -0.25) is 4.79 Å². The molecule has 0 aromatic heterocycles. The van der Waals surface area contributed by atoms with Crippen molar-refractivity contribution in [2.75, 3.05) is 5.75 Å². The highest BCUT2D eigenvalue weighted by Crippen LogP contribution is 2.37. The first kappa shape index (κ1) is 13.9. The van der Waals surface area contributed by atoms with Gasteiger partial charge < -0.3 is 0 Å². The fraction of sp³-hybridized carbons (Fsp3) is 0.417. The van der Waals surface area contributed by atoms with Crippen LogP contribution in [0.1, 0.15) is 28.8 Å². The van der Waals surface area contributed by atoms with E-state index in [2.05, 4.69) is 15.9 Å². The summed E-state index contributed by atoms with van der Waals surface area (Å²) in [5.41, 5.74) is -1.07. The molecule has 1 aliphatic heterocycles. The molecule has 1 aromatic rings. The van der Waals surface area contributed by atoms with Crippen molar-refractivity contribution in [3.05, 3.63) is 33.8 Å². The average molecular weight is 339 g/mol. The smallest absolute Gasteiger partial charge is 0.293 e. The van der Waals surface area contributed by atoms with Gasteiger partial charge in [0.2, 0.25) is 0 Å². The number of carbonyl (C=O) groups is 1. The zero-order chi connectivity index (χ0) is 13.3. The maximum absolute atomic E-state index is 12.9. The van der Waals surface area contributed by atoms with Gasteiger partial charge in [0.25, 0.3) is 0 Å². The first-order valence-electron chi connectivity index (χ1n) is 5.42. The van der Waals surface area contributed by atoms with Crippen molar-refractivity contribution in [2.24, 2.45) is 0 Å². The molecule has 1 saturated heterocycles. The van der Waals surface area contributed by atoms with Crippen LogP contribution in [0.15, 0.2) is 22.7 Å². The first-order valence-corrected chi connectivity index (χ1v) is 7.26. The van der Waals surface area contributed by atoms with Gasteiger partial charge in [-0.2, -0.15) is 24.9 Å².